The van der Waals surface area contributed by atoms with Crippen molar-refractivity contribution in [1.29, 1.82) is 0 Å². The largest absolute Gasteiger partial charge is 0.443 e. The third-order valence-electron chi connectivity index (χ3n) is 3.18. The Bertz CT molecular complexity index is 334. The molecule has 1 atom stereocenters. The van der Waals surface area contributed by atoms with Crippen molar-refractivity contribution in [1.82, 2.24) is 10.3 Å². The van der Waals surface area contributed by atoms with Gasteiger partial charge in [0.15, 0.2) is 0 Å². The summed E-state index contributed by atoms with van der Waals surface area (Å²) in [6, 6.07) is 0. The van der Waals surface area contributed by atoms with E-state index in [4.69, 9.17) is 9.15 Å². The van der Waals surface area contributed by atoms with Gasteiger partial charge in [-0.15, -0.1) is 0 Å². The van der Waals surface area contributed by atoms with Crippen LogP contribution in [0.25, 0.3) is 0 Å². The molecule has 1 N–H and O–H groups in total. The lowest BCUT2D eigenvalue weighted by Gasteiger charge is -2.33. The molecule has 0 amide bonds. The maximum absolute atomic E-state index is 5.91. The molecule has 16 heavy (non-hydrogen) atoms. The molecule has 0 bridgehead atoms. The molecule has 0 aromatic carbocycles. The molecule has 2 rings (SSSR count). The van der Waals surface area contributed by atoms with E-state index in [1.54, 1.807) is 0 Å². The van der Waals surface area contributed by atoms with Crippen molar-refractivity contribution in [2.75, 3.05) is 13.1 Å². The Balaban J connectivity index is 1.91. The van der Waals surface area contributed by atoms with E-state index in [-0.39, 0.29) is 5.60 Å². The van der Waals surface area contributed by atoms with Gasteiger partial charge in [0.2, 0.25) is 5.89 Å². The van der Waals surface area contributed by atoms with E-state index in [2.05, 4.69) is 17.2 Å². The van der Waals surface area contributed by atoms with E-state index < -0.39 is 0 Å². The molecule has 0 spiro atoms. The number of ether oxygens (including phenoxy) is 1. The summed E-state index contributed by atoms with van der Waals surface area (Å²) in [6.07, 6.45) is 2.26. The van der Waals surface area contributed by atoms with Gasteiger partial charge in [-0.25, -0.2) is 4.98 Å². The van der Waals surface area contributed by atoms with Crippen LogP contribution in [0.3, 0.4) is 0 Å². The SMILES string of the molecule is Cc1nc(COC2(C)CCCNC2)oc1C. The normalized spacial score (nSPS) is 25.9. The number of rotatable bonds is 3. The highest BCUT2D eigenvalue weighted by Gasteiger charge is 2.27. The Kier molecular flexibility index (Phi) is 3.30. The highest BCUT2D eigenvalue weighted by molar-refractivity contribution is 5.04. The first-order valence-electron chi connectivity index (χ1n) is 5.87. The highest BCUT2D eigenvalue weighted by atomic mass is 16.5. The van der Waals surface area contributed by atoms with E-state index in [1.165, 1.54) is 6.42 Å². The minimum absolute atomic E-state index is 0.0749. The lowest BCUT2D eigenvalue weighted by Crippen LogP contribution is -2.45. The summed E-state index contributed by atoms with van der Waals surface area (Å²) in [5.41, 5.74) is 0.875. The monoisotopic (exact) mass is 224 g/mol. The zero-order valence-electron chi connectivity index (χ0n) is 10.3. The zero-order chi connectivity index (χ0) is 11.6. The first kappa shape index (κ1) is 11.6. The first-order chi connectivity index (χ1) is 7.59. The molecule has 0 aliphatic carbocycles. The van der Waals surface area contributed by atoms with Gasteiger partial charge in [-0.2, -0.15) is 0 Å². The van der Waals surface area contributed by atoms with E-state index in [0.29, 0.717) is 12.5 Å². The smallest absolute Gasteiger partial charge is 0.220 e. The summed E-state index contributed by atoms with van der Waals surface area (Å²) in [7, 11) is 0. The maximum Gasteiger partial charge on any atom is 0.220 e. The van der Waals surface area contributed by atoms with E-state index in [9.17, 15) is 0 Å². The Labute approximate surface area is 96.4 Å². The summed E-state index contributed by atoms with van der Waals surface area (Å²) in [5, 5.41) is 3.35. The summed E-state index contributed by atoms with van der Waals surface area (Å²) >= 11 is 0. The number of nitrogens with zero attached hydrogens (tertiary/aromatic N) is 1. The van der Waals surface area contributed by atoms with Crippen LogP contribution in [0.4, 0.5) is 0 Å². The fourth-order valence-electron chi connectivity index (χ4n) is 1.99. The number of aromatic nitrogens is 1. The highest BCUT2D eigenvalue weighted by Crippen LogP contribution is 2.22. The molecule has 1 unspecified atom stereocenters. The van der Waals surface area contributed by atoms with Crippen molar-refractivity contribution in [3.05, 3.63) is 17.3 Å². The molecule has 1 fully saturated rings. The van der Waals surface area contributed by atoms with Crippen LogP contribution in [-0.2, 0) is 11.3 Å². The van der Waals surface area contributed by atoms with Gasteiger partial charge < -0.3 is 14.5 Å². The Morgan fingerprint density at radius 2 is 2.31 bits per heavy atom. The van der Waals surface area contributed by atoms with Gasteiger partial charge in [0.1, 0.15) is 12.4 Å². The van der Waals surface area contributed by atoms with Crippen LogP contribution in [-0.4, -0.2) is 23.7 Å². The van der Waals surface area contributed by atoms with Crippen LogP contribution in [0, 0.1) is 13.8 Å². The molecule has 1 aliphatic heterocycles. The van der Waals surface area contributed by atoms with Crippen molar-refractivity contribution < 1.29 is 9.15 Å². The molecule has 0 saturated carbocycles. The van der Waals surface area contributed by atoms with Crippen molar-refractivity contribution in [3.63, 3.8) is 0 Å². The lowest BCUT2D eigenvalue weighted by atomic mass is 9.96. The molecule has 2 heterocycles. The predicted molar refractivity (Wildman–Crippen MR) is 61.3 cm³/mol. The Morgan fingerprint density at radius 3 is 2.88 bits per heavy atom. The van der Waals surface area contributed by atoms with Crippen LogP contribution in [0.15, 0.2) is 4.42 Å². The number of aryl methyl sites for hydroxylation is 2. The number of oxazole rings is 1. The van der Waals surface area contributed by atoms with Crippen LogP contribution < -0.4 is 5.32 Å². The molecule has 1 saturated heterocycles. The van der Waals surface area contributed by atoms with Gasteiger partial charge in [0.25, 0.3) is 0 Å². The summed E-state index contributed by atoms with van der Waals surface area (Å²) in [5.74, 6) is 1.56. The maximum atomic E-state index is 5.91. The number of hydrogen-bond donors (Lipinski definition) is 1. The molecule has 1 aromatic rings. The molecule has 1 aliphatic rings. The van der Waals surface area contributed by atoms with Crippen molar-refractivity contribution in [2.45, 2.75) is 45.8 Å². The van der Waals surface area contributed by atoms with Crippen LogP contribution in [0.2, 0.25) is 0 Å². The first-order valence-corrected chi connectivity index (χ1v) is 5.87. The predicted octanol–water partition coefficient (Wildman–Crippen LogP) is 1.95. The van der Waals surface area contributed by atoms with Crippen LogP contribution in [0.5, 0.6) is 0 Å². The zero-order valence-corrected chi connectivity index (χ0v) is 10.3. The second-order valence-corrected chi connectivity index (χ2v) is 4.77. The van der Waals surface area contributed by atoms with Crippen molar-refractivity contribution >= 4 is 0 Å². The molecular weight excluding hydrogens is 204 g/mol. The van der Waals surface area contributed by atoms with Gasteiger partial charge in [-0.1, -0.05) is 0 Å². The molecular formula is C12H20N2O2. The Morgan fingerprint density at radius 1 is 1.50 bits per heavy atom. The standard InChI is InChI=1S/C12H20N2O2/c1-9-10(2)16-11(14-9)7-15-12(3)5-4-6-13-8-12/h13H,4-8H2,1-3H3. The van der Waals surface area contributed by atoms with Crippen LogP contribution >= 0.6 is 0 Å². The van der Waals surface area contributed by atoms with Crippen LogP contribution in [0.1, 0.15) is 37.1 Å². The number of nitrogens with one attached hydrogen (secondary N) is 1. The summed E-state index contributed by atoms with van der Waals surface area (Å²) in [4.78, 5) is 4.31. The average Bonchev–Trinajstić information content (AvgIpc) is 2.57. The number of piperidine rings is 1. The molecule has 90 valence electrons. The summed E-state index contributed by atoms with van der Waals surface area (Å²) in [6.45, 7) is 8.48. The third-order valence-corrected chi connectivity index (χ3v) is 3.18. The third kappa shape index (κ3) is 2.62. The van der Waals surface area contributed by atoms with Gasteiger partial charge >= 0.3 is 0 Å². The van der Waals surface area contributed by atoms with Gasteiger partial charge in [0, 0.05) is 6.54 Å². The minimum atomic E-state index is -0.0749. The second-order valence-electron chi connectivity index (χ2n) is 4.77. The van der Waals surface area contributed by atoms with E-state index in [0.717, 1.165) is 31.0 Å². The fourth-order valence-corrected chi connectivity index (χ4v) is 1.99. The topological polar surface area (TPSA) is 47.3 Å². The van der Waals surface area contributed by atoms with Gasteiger partial charge in [-0.05, 0) is 40.2 Å². The van der Waals surface area contributed by atoms with Gasteiger partial charge in [0.05, 0.1) is 11.3 Å². The molecule has 4 heteroatoms. The van der Waals surface area contributed by atoms with Crippen molar-refractivity contribution in [3.8, 4) is 0 Å². The minimum Gasteiger partial charge on any atom is -0.443 e. The Hall–Kier alpha value is -0.870. The van der Waals surface area contributed by atoms with Gasteiger partial charge in [-0.3, -0.25) is 0 Å². The molecule has 1 aromatic heterocycles. The summed E-state index contributed by atoms with van der Waals surface area (Å²) < 4.78 is 11.4. The van der Waals surface area contributed by atoms with E-state index >= 15 is 0 Å². The second kappa shape index (κ2) is 4.55. The van der Waals surface area contributed by atoms with Crippen molar-refractivity contribution in [2.24, 2.45) is 0 Å². The molecule has 4 nitrogen and oxygen atoms in total. The fraction of sp³-hybridized carbons (Fsp3) is 0.750. The van der Waals surface area contributed by atoms with E-state index in [1.807, 2.05) is 13.8 Å². The quantitative estimate of drug-likeness (QED) is 0.852. The lowest BCUT2D eigenvalue weighted by molar-refractivity contribution is -0.0644. The number of hydrogen-bond acceptors (Lipinski definition) is 4. The average molecular weight is 224 g/mol. The molecule has 0 radical (unpaired) electrons.